The molecule has 164 valence electrons. The van der Waals surface area contributed by atoms with E-state index in [9.17, 15) is 0 Å². The first-order valence-corrected chi connectivity index (χ1v) is 11.5. The molecule has 0 bridgehead atoms. The van der Waals surface area contributed by atoms with Crippen LogP contribution in [0.15, 0.2) is 97.1 Å². The van der Waals surface area contributed by atoms with Gasteiger partial charge in [-0.25, -0.2) is 9.50 Å². The summed E-state index contributed by atoms with van der Waals surface area (Å²) in [5.74, 6) is 0.521. The number of hydrogen-bond acceptors (Lipinski definition) is 4. The molecule has 6 rings (SSSR count). The molecular formula is C27H18ClN5S. The molecule has 0 fully saturated rings. The first-order valence-electron chi connectivity index (χ1n) is 10.8. The van der Waals surface area contributed by atoms with Gasteiger partial charge in [0.15, 0.2) is 5.65 Å². The smallest absolute Gasteiger partial charge is 0.207 e. The lowest BCUT2D eigenvalue weighted by Crippen LogP contribution is -1.97. The van der Waals surface area contributed by atoms with Crippen LogP contribution in [-0.2, 0) is 0 Å². The van der Waals surface area contributed by atoms with Crippen molar-refractivity contribution < 1.29 is 0 Å². The Morgan fingerprint density at radius 2 is 1.47 bits per heavy atom. The SMILES string of the molecule is S=c1nc(Nc2ccc(Cl)cc2)[nH]c2nn3c(-c4ccccc4)cc(-c4ccccc4)cc3c12. The number of H-pyrrole nitrogens is 1. The van der Waals surface area contributed by atoms with E-state index in [1.807, 2.05) is 65.2 Å². The Kier molecular flexibility index (Phi) is 5.09. The van der Waals surface area contributed by atoms with Gasteiger partial charge >= 0.3 is 0 Å². The monoisotopic (exact) mass is 479 g/mol. The molecule has 3 heterocycles. The molecule has 0 saturated carbocycles. The zero-order valence-corrected chi connectivity index (χ0v) is 19.4. The van der Waals surface area contributed by atoms with Gasteiger partial charge in [-0.3, -0.25) is 0 Å². The minimum absolute atomic E-state index is 0.476. The van der Waals surface area contributed by atoms with Crippen molar-refractivity contribution in [3.05, 3.63) is 107 Å². The molecule has 0 amide bonds. The molecule has 0 radical (unpaired) electrons. The predicted octanol–water partition coefficient (Wildman–Crippen LogP) is 7.67. The van der Waals surface area contributed by atoms with E-state index < -0.39 is 0 Å². The maximum atomic E-state index is 6.00. The van der Waals surface area contributed by atoms with Gasteiger partial charge in [0.2, 0.25) is 5.95 Å². The number of halogens is 1. The molecule has 3 aromatic carbocycles. The van der Waals surface area contributed by atoms with Gasteiger partial charge < -0.3 is 10.3 Å². The van der Waals surface area contributed by atoms with Crippen LogP contribution in [0.3, 0.4) is 0 Å². The largest absolute Gasteiger partial charge is 0.326 e. The van der Waals surface area contributed by atoms with E-state index in [0.29, 0.717) is 21.3 Å². The average Bonchev–Trinajstić information content (AvgIpc) is 3.25. The fourth-order valence-electron chi connectivity index (χ4n) is 4.08. The van der Waals surface area contributed by atoms with Crippen LogP contribution in [0, 0.1) is 4.64 Å². The summed E-state index contributed by atoms with van der Waals surface area (Å²) in [6.45, 7) is 0. The summed E-state index contributed by atoms with van der Waals surface area (Å²) in [5.41, 5.74) is 6.68. The van der Waals surface area contributed by atoms with E-state index in [1.165, 1.54) is 0 Å². The molecule has 3 aromatic heterocycles. The summed E-state index contributed by atoms with van der Waals surface area (Å²) < 4.78 is 2.41. The number of rotatable bonds is 4. The first kappa shape index (κ1) is 20.6. The van der Waals surface area contributed by atoms with Crippen molar-refractivity contribution in [3.8, 4) is 22.4 Å². The minimum Gasteiger partial charge on any atom is -0.326 e. The molecule has 0 aliphatic heterocycles. The second-order valence-corrected chi connectivity index (χ2v) is 8.73. The molecule has 0 aliphatic carbocycles. The Morgan fingerprint density at radius 3 is 2.18 bits per heavy atom. The maximum absolute atomic E-state index is 6.00. The Morgan fingerprint density at radius 1 is 0.794 bits per heavy atom. The van der Waals surface area contributed by atoms with Gasteiger partial charge in [-0.05, 0) is 47.5 Å². The third-order valence-electron chi connectivity index (χ3n) is 5.68. The Labute approximate surface area is 205 Å². The van der Waals surface area contributed by atoms with Crippen molar-refractivity contribution in [2.45, 2.75) is 0 Å². The fourth-order valence-corrected chi connectivity index (χ4v) is 4.50. The standard InChI is InChI=1S/C27H18ClN5S/c28-20-11-13-21(14-12-20)29-27-30-25-24(26(34)31-27)23-16-19(17-7-3-1-4-8-17)15-22(33(23)32-25)18-9-5-2-6-10-18/h1-16H,(H2,29,30,31,32,34). The van der Waals surface area contributed by atoms with Crippen LogP contribution in [0.2, 0.25) is 5.02 Å². The van der Waals surface area contributed by atoms with Crippen LogP contribution in [0.4, 0.5) is 11.6 Å². The highest BCUT2D eigenvalue weighted by Crippen LogP contribution is 2.32. The summed E-state index contributed by atoms with van der Waals surface area (Å²) in [7, 11) is 0. The van der Waals surface area contributed by atoms with Crippen molar-refractivity contribution in [1.82, 2.24) is 19.6 Å². The van der Waals surface area contributed by atoms with Crippen LogP contribution >= 0.6 is 23.8 Å². The van der Waals surface area contributed by atoms with Gasteiger partial charge in [-0.1, -0.05) is 84.5 Å². The molecule has 6 aromatic rings. The van der Waals surface area contributed by atoms with Gasteiger partial charge in [0.25, 0.3) is 0 Å². The molecule has 0 spiro atoms. The van der Waals surface area contributed by atoms with Crippen LogP contribution < -0.4 is 5.32 Å². The highest BCUT2D eigenvalue weighted by atomic mass is 35.5. The number of nitrogens with zero attached hydrogens (tertiary/aromatic N) is 3. The second-order valence-electron chi connectivity index (χ2n) is 7.90. The molecule has 0 saturated heterocycles. The number of nitrogens with one attached hydrogen (secondary N) is 2. The molecule has 0 aliphatic rings. The van der Waals surface area contributed by atoms with E-state index in [2.05, 4.69) is 51.7 Å². The van der Waals surface area contributed by atoms with Gasteiger partial charge in [0.1, 0.15) is 4.64 Å². The third-order valence-corrected chi connectivity index (χ3v) is 6.23. The predicted molar refractivity (Wildman–Crippen MR) is 141 cm³/mol. The van der Waals surface area contributed by atoms with Crippen molar-refractivity contribution in [2.24, 2.45) is 0 Å². The van der Waals surface area contributed by atoms with E-state index in [0.717, 1.165) is 39.0 Å². The lowest BCUT2D eigenvalue weighted by atomic mass is 10.0. The highest BCUT2D eigenvalue weighted by Gasteiger charge is 2.16. The fraction of sp³-hybridized carbons (Fsp3) is 0. The topological polar surface area (TPSA) is 58.0 Å². The normalized spacial score (nSPS) is 11.2. The van der Waals surface area contributed by atoms with Crippen molar-refractivity contribution in [3.63, 3.8) is 0 Å². The summed E-state index contributed by atoms with van der Waals surface area (Å²) in [4.78, 5) is 7.91. The number of aromatic nitrogens is 4. The molecule has 0 unspecified atom stereocenters. The van der Waals surface area contributed by atoms with Gasteiger partial charge in [0, 0.05) is 16.3 Å². The van der Waals surface area contributed by atoms with Gasteiger partial charge in [-0.2, -0.15) is 0 Å². The summed E-state index contributed by atoms with van der Waals surface area (Å²) in [6.07, 6.45) is 0. The number of aromatic amines is 1. The average molecular weight is 480 g/mol. The van der Waals surface area contributed by atoms with Crippen LogP contribution in [0.5, 0.6) is 0 Å². The number of anilines is 2. The number of benzene rings is 3. The van der Waals surface area contributed by atoms with Crippen molar-refractivity contribution in [2.75, 3.05) is 5.32 Å². The van der Waals surface area contributed by atoms with E-state index in [-0.39, 0.29) is 0 Å². The molecule has 0 atom stereocenters. The van der Waals surface area contributed by atoms with Gasteiger partial charge in [-0.15, -0.1) is 5.10 Å². The Bertz CT molecular complexity index is 1690. The Hall–Kier alpha value is -4.00. The lowest BCUT2D eigenvalue weighted by molar-refractivity contribution is 0.978. The highest BCUT2D eigenvalue weighted by molar-refractivity contribution is 7.71. The maximum Gasteiger partial charge on any atom is 0.207 e. The summed E-state index contributed by atoms with van der Waals surface area (Å²) >= 11 is 11.7. The molecule has 5 nitrogen and oxygen atoms in total. The molecular weight excluding hydrogens is 462 g/mol. The third kappa shape index (κ3) is 3.73. The van der Waals surface area contributed by atoms with Crippen LogP contribution in [-0.4, -0.2) is 19.6 Å². The number of hydrogen-bond donors (Lipinski definition) is 2. The van der Waals surface area contributed by atoms with E-state index >= 15 is 0 Å². The zero-order valence-electron chi connectivity index (χ0n) is 17.9. The van der Waals surface area contributed by atoms with Crippen molar-refractivity contribution in [1.29, 1.82) is 0 Å². The molecule has 34 heavy (non-hydrogen) atoms. The summed E-state index contributed by atoms with van der Waals surface area (Å²) in [5, 5.41) is 9.63. The number of pyridine rings is 1. The first-order chi connectivity index (χ1) is 16.7. The van der Waals surface area contributed by atoms with Crippen molar-refractivity contribution >= 4 is 52.0 Å². The molecule has 7 heteroatoms. The zero-order chi connectivity index (χ0) is 23.1. The van der Waals surface area contributed by atoms with Crippen LogP contribution in [0.1, 0.15) is 0 Å². The quantitative estimate of drug-likeness (QED) is 0.255. The van der Waals surface area contributed by atoms with E-state index in [4.69, 9.17) is 28.9 Å². The minimum atomic E-state index is 0.476. The van der Waals surface area contributed by atoms with Gasteiger partial charge in [0.05, 0.1) is 16.6 Å². The molecule has 2 N–H and O–H groups in total. The van der Waals surface area contributed by atoms with Crippen LogP contribution in [0.25, 0.3) is 38.9 Å². The van der Waals surface area contributed by atoms with E-state index in [1.54, 1.807) is 0 Å². The lowest BCUT2D eigenvalue weighted by Gasteiger charge is -2.09. The number of fused-ring (bicyclic) bond motifs is 3. The summed E-state index contributed by atoms with van der Waals surface area (Å²) in [6, 6.07) is 32.2. The second kappa shape index (κ2) is 8.41. The Balaban J connectivity index is 1.58.